The predicted octanol–water partition coefficient (Wildman–Crippen LogP) is 4.31. The first-order chi connectivity index (χ1) is 12.4. The fourth-order valence-electron chi connectivity index (χ4n) is 3.02. The molecule has 1 amide bonds. The zero-order valence-corrected chi connectivity index (χ0v) is 15.3. The average molecular weight is 349 g/mol. The lowest BCUT2D eigenvalue weighted by atomic mass is 10.1. The molecule has 0 aliphatic heterocycles. The van der Waals surface area contributed by atoms with E-state index in [1.807, 2.05) is 50.2 Å². The Morgan fingerprint density at radius 1 is 1.00 bits per heavy atom. The average Bonchev–Trinajstić information content (AvgIpc) is 2.59. The summed E-state index contributed by atoms with van der Waals surface area (Å²) >= 11 is 0. The van der Waals surface area contributed by atoms with Crippen molar-refractivity contribution < 1.29 is 14.6 Å². The molecule has 4 heteroatoms. The lowest BCUT2D eigenvalue weighted by molar-refractivity contribution is 0.0771. The van der Waals surface area contributed by atoms with Gasteiger partial charge in [0.25, 0.3) is 5.91 Å². The van der Waals surface area contributed by atoms with E-state index in [2.05, 4.69) is 6.07 Å². The van der Waals surface area contributed by atoms with Crippen LogP contribution in [0.5, 0.6) is 11.5 Å². The second-order valence-corrected chi connectivity index (χ2v) is 6.62. The van der Waals surface area contributed by atoms with Crippen molar-refractivity contribution in [2.75, 3.05) is 20.2 Å². The molecule has 0 fully saturated rings. The zero-order chi connectivity index (χ0) is 18.7. The molecule has 0 aliphatic carbocycles. The van der Waals surface area contributed by atoms with Crippen molar-refractivity contribution in [1.29, 1.82) is 0 Å². The SMILES string of the molecule is Cc1cc(C)cc(OCCN(C)C(=O)c2cc3ccccc3cc2O)c1. The minimum atomic E-state index is -0.225. The summed E-state index contributed by atoms with van der Waals surface area (Å²) in [5, 5.41) is 12.0. The smallest absolute Gasteiger partial charge is 0.257 e. The molecule has 3 rings (SSSR count). The van der Waals surface area contributed by atoms with Gasteiger partial charge in [-0.15, -0.1) is 0 Å². The molecule has 0 aliphatic rings. The molecule has 0 saturated heterocycles. The monoisotopic (exact) mass is 349 g/mol. The molecule has 0 spiro atoms. The van der Waals surface area contributed by atoms with Crippen molar-refractivity contribution >= 4 is 16.7 Å². The summed E-state index contributed by atoms with van der Waals surface area (Å²) in [7, 11) is 1.71. The maximum atomic E-state index is 12.7. The molecule has 0 radical (unpaired) electrons. The number of hydrogen-bond donors (Lipinski definition) is 1. The zero-order valence-electron chi connectivity index (χ0n) is 15.3. The van der Waals surface area contributed by atoms with E-state index in [4.69, 9.17) is 4.74 Å². The highest BCUT2D eigenvalue weighted by atomic mass is 16.5. The number of phenolic OH excluding ortho intramolecular Hbond substituents is 1. The Kier molecular flexibility index (Phi) is 5.12. The van der Waals surface area contributed by atoms with Crippen molar-refractivity contribution in [3.63, 3.8) is 0 Å². The van der Waals surface area contributed by atoms with Crippen LogP contribution >= 0.6 is 0 Å². The van der Waals surface area contributed by atoms with Crippen LogP contribution in [0, 0.1) is 13.8 Å². The Labute approximate surface area is 153 Å². The third kappa shape index (κ3) is 3.97. The van der Waals surface area contributed by atoms with Gasteiger partial charge in [0, 0.05) is 7.05 Å². The molecule has 0 heterocycles. The molecule has 26 heavy (non-hydrogen) atoms. The minimum absolute atomic E-state index is 0.00391. The third-order valence-corrected chi connectivity index (χ3v) is 4.33. The Morgan fingerprint density at radius 2 is 1.62 bits per heavy atom. The first-order valence-corrected chi connectivity index (χ1v) is 8.62. The van der Waals surface area contributed by atoms with Crippen LogP contribution in [0.2, 0.25) is 0 Å². The van der Waals surface area contributed by atoms with Gasteiger partial charge in [0.15, 0.2) is 0 Å². The molecule has 1 N–H and O–H groups in total. The van der Waals surface area contributed by atoms with Crippen LogP contribution in [0.3, 0.4) is 0 Å². The Hall–Kier alpha value is -3.01. The van der Waals surface area contributed by atoms with Gasteiger partial charge in [0.2, 0.25) is 0 Å². The molecule has 3 aromatic rings. The lowest BCUT2D eigenvalue weighted by Crippen LogP contribution is -2.31. The number of carbonyl (C=O) groups excluding carboxylic acids is 1. The first-order valence-electron chi connectivity index (χ1n) is 8.62. The molecular weight excluding hydrogens is 326 g/mol. The van der Waals surface area contributed by atoms with E-state index in [0.29, 0.717) is 18.7 Å². The highest BCUT2D eigenvalue weighted by molar-refractivity contribution is 6.01. The van der Waals surface area contributed by atoms with Gasteiger partial charge >= 0.3 is 0 Å². The number of nitrogens with zero attached hydrogens (tertiary/aromatic N) is 1. The molecule has 0 saturated carbocycles. The van der Waals surface area contributed by atoms with Crippen LogP contribution in [0.4, 0.5) is 0 Å². The number of likely N-dealkylation sites (N-methyl/N-ethyl adjacent to an activating group) is 1. The number of rotatable bonds is 5. The van der Waals surface area contributed by atoms with Crippen molar-refractivity contribution in [2.45, 2.75) is 13.8 Å². The fourth-order valence-corrected chi connectivity index (χ4v) is 3.02. The largest absolute Gasteiger partial charge is 0.507 e. The summed E-state index contributed by atoms with van der Waals surface area (Å²) in [5.41, 5.74) is 2.59. The van der Waals surface area contributed by atoms with Crippen LogP contribution in [0.15, 0.2) is 54.6 Å². The highest BCUT2D eigenvalue weighted by Crippen LogP contribution is 2.26. The fraction of sp³-hybridized carbons (Fsp3) is 0.227. The van der Waals surface area contributed by atoms with E-state index >= 15 is 0 Å². The van der Waals surface area contributed by atoms with Gasteiger partial charge in [-0.2, -0.15) is 0 Å². The van der Waals surface area contributed by atoms with Gasteiger partial charge in [-0.05, 0) is 60.0 Å². The molecule has 0 unspecified atom stereocenters. The van der Waals surface area contributed by atoms with Crippen LogP contribution in [-0.2, 0) is 0 Å². The molecule has 3 aromatic carbocycles. The van der Waals surface area contributed by atoms with E-state index in [1.54, 1.807) is 24.1 Å². The number of fused-ring (bicyclic) bond motifs is 1. The minimum Gasteiger partial charge on any atom is -0.507 e. The van der Waals surface area contributed by atoms with Gasteiger partial charge in [-0.3, -0.25) is 4.79 Å². The quantitative estimate of drug-likeness (QED) is 0.746. The maximum Gasteiger partial charge on any atom is 0.257 e. The van der Waals surface area contributed by atoms with E-state index in [-0.39, 0.29) is 11.7 Å². The summed E-state index contributed by atoms with van der Waals surface area (Å²) in [4.78, 5) is 14.2. The molecular formula is C22H23NO3. The van der Waals surface area contributed by atoms with Gasteiger partial charge in [-0.25, -0.2) is 0 Å². The number of phenols is 1. The van der Waals surface area contributed by atoms with E-state index in [9.17, 15) is 9.90 Å². The number of amides is 1. The molecule has 4 nitrogen and oxygen atoms in total. The first kappa shape index (κ1) is 17.8. The van der Waals surface area contributed by atoms with Crippen LogP contribution < -0.4 is 4.74 Å². The van der Waals surface area contributed by atoms with Crippen molar-refractivity contribution in [3.05, 3.63) is 71.3 Å². The number of aromatic hydroxyl groups is 1. The number of ether oxygens (including phenoxy) is 1. The molecule has 0 atom stereocenters. The number of hydrogen-bond acceptors (Lipinski definition) is 3. The Morgan fingerprint density at radius 3 is 2.27 bits per heavy atom. The van der Waals surface area contributed by atoms with Gasteiger partial charge in [0.05, 0.1) is 12.1 Å². The standard InChI is InChI=1S/C22H23NO3/c1-15-10-16(2)12-19(11-15)26-9-8-23(3)22(25)20-13-17-6-4-5-7-18(17)14-21(20)24/h4-7,10-14,24H,8-9H2,1-3H3. The molecule has 0 bridgehead atoms. The van der Waals surface area contributed by atoms with Crippen molar-refractivity contribution in [3.8, 4) is 11.5 Å². The summed E-state index contributed by atoms with van der Waals surface area (Å²) < 4.78 is 5.77. The van der Waals surface area contributed by atoms with E-state index in [0.717, 1.165) is 27.6 Å². The second kappa shape index (κ2) is 7.48. The second-order valence-electron chi connectivity index (χ2n) is 6.62. The Bertz CT molecular complexity index is 929. The summed E-state index contributed by atoms with van der Waals surface area (Å²) in [6.45, 7) is 4.87. The number of aryl methyl sites for hydroxylation is 2. The Balaban J connectivity index is 1.67. The van der Waals surface area contributed by atoms with Crippen LogP contribution in [0.1, 0.15) is 21.5 Å². The van der Waals surface area contributed by atoms with Gasteiger partial charge in [-0.1, -0.05) is 30.3 Å². The van der Waals surface area contributed by atoms with Crippen LogP contribution in [-0.4, -0.2) is 36.1 Å². The van der Waals surface area contributed by atoms with E-state index in [1.165, 1.54) is 0 Å². The highest BCUT2D eigenvalue weighted by Gasteiger charge is 2.16. The summed E-state index contributed by atoms with van der Waals surface area (Å²) in [5.74, 6) is 0.574. The maximum absolute atomic E-state index is 12.7. The van der Waals surface area contributed by atoms with Gasteiger partial charge < -0.3 is 14.7 Å². The van der Waals surface area contributed by atoms with Gasteiger partial charge in [0.1, 0.15) is 18.1 Å². The topological polar surface area (TPSA) is 49.8 Å². The lowest BCUT2D eigenvalue weighted by Gasteiger charge is -2.19. The predicted molar refractivity (Wildman–Crippen MR) is 104 cm³/mol. The molecule has 134 valence electrons. The summed E-state index contributed by atoms with van der Waals surface area (Å²) in [6, 6.07) is 17.0. The number of carbonyl (C=O) groups is 1. The van der Waals surface area contributed by atoms with Crippen molar-refractivity contribution in [1.82, 2.24) is 4.90 Å². The summed E-state index contributed by atoms with van der Waals surface area (Å²) in [6.07, 6.45) is 0. The van der Waals surface area contributed by atoms with E-state index < -0.39 is 0 Å². The normalized spacial score (nSPS) is 10.7. The number of benzene rings is 3. The third-order valence-electron chi connectivity index (χ3n) is 4.33. The van der Waals surface area contributed by atoms with Crippen LogP contribution in [0.25, 0.3) is 10.8 Å². The van der Waals surface area contributed by atoms with Crippen molar-refractivity contribution in [2.24, 2.45) is 0 Å². The molecule has 0 aromatic heterocycles.